The molecule has 7 heteroatoms. The Labute approximate surface area is 115 Å². The third kappa shape index (κ3) is 3.11. The maximum absolute atomic E-state index is 14.0. The number of hydrogen-bond donors (Lipinski definition) is 2. The van der Waals surface area contributed by atoms with Crippen molar-refractivity contribution in [2.45, 2.75) is 20.4 Å². The van der Waals surface area contributed by atoms with E-state index in [1.165, 1.54) is 12.3 Å². The molecule has 0 aliphatic heterocycles. The van der Waals surface area contributed by atoms with Crippen LogP contribution in [0.15, 0.2) is 22.9 Å². The first-order valence-corrected chi connectivity index (χ1v) is 6.19. The molecule has 0 saturated heterocycles. The van der Waals surface area contributed by atoms with Crippen LogP contribution in [0.2, 0.25) is 0 Å². The molecule has 106 valence electrons. The molecule has 0 radical (unpaired) electrons. The van der Waals surface area contributed by atoms with Gasteiger partial charge in [-0.3, -0.25) is 4.79 Å². The topological polar surface area (TPSA) is 80.0 Å². The number of anilines is 1. The normalized spacial score (nSPS) is 10.3. The molecule has 2 aromatic heterocycles. The minimum atomic E-state index is -0.671. The molecule has 0 bridgehead atoms. The molecule has 0 aromatic carbocycles. The number of aryl methyl sites for hydroxylation is 1. The molecule has 0 unspecified atom stereocenters. The van der Waals surface area contributed by atoms with Crippen molar-refractivity contribution in [1.82, 2.24) is 15.3 Å². The Kier molecular flexibility index (Phi) is 4.29. The highest BCUT2D eigenvalue weighted by molar-refractivity contribution is 5.95. The summed E-state index contributed by atoms with van der Waals surface area (Å²) in [6.45, 7) is 4.19. The summed E-state index contributed by atoms with van der Waals surface area (Å²) in [5.41, 5.74) is -0.0702. The van der Waals surface area contributed by atoms with Crippen LogP contribution in [0.1, 0.15) is 28.9 Å². The number of nitrogens with one attached hydrogen (secondary N) is 2. The van der Waals surface area contributed by atoms with Crippen molar-refractivity contribution in [2.24, 2.45) is 0 Å². The van der Waals surface area contributed by atoms with Crippen LogP contribution in [0.25, 0.3) is 0 Å². The molecule has 0 spiro atoms. The van der Waals surface area contributed by atoms with Gasteiger partial charge in [0.1, 0.15) is 5.76 Å². The van der Waals surface area contributed by atoms with Gasteiger partial charge in [0.15, 0.2) is 11.6 Å². The van der Waals surface area contributed by atoms with Crippen molar-refractivity contribution in [2.75, 3.05) is 11.9 Å². The SMILES string of the molecule is CCNc1nccc(C(=O)NCc2ncc(C)o2)c1F. The number of hydrogen-bond acceptors (Lipinski definition) is 5. The first-order valence-electron chi connectivity index (χ1n) is 6.19. The van der Waals surface area contributed by atoms with Crippen LogP contribution in [0.4, 0.5) is 10.2 Å². The summed E-state index contributed by atoms with van der Waals surface area (Å²) >= 11 is 0. The molecule has 0 aliphatic carbocycles. The molecule has 0 saturated carbocycles. The van der Waals surface area contributed by atoms with Gasteiger partial charge in [-0.15, -0.1) is 0 Å². The van der Waals surface area contributed by atoms with Crippen molar-refractivity contribution in [3.05, 3.63) is 41.5 Å². The van der Waals surface area contributed by atoms with Gasteiger partial charge in [-0.25, -0.2) is 14.4 Å². The fourth-order valence-electron chi connectivity index (χ4n) is 1.64. The van der Waals surface area contributed by atoms with Gasteiger partial charge >= 0.3 is 0 Å². The molecule has 2 N–H and O–H groups in total. The van der Waals surface area contributed by atoms with Gasteiger partial charge in [0.2, 0.25) is 5.89 Å². The van der Waals surface area contributed by atoms with Crippen LogP contribution in [-0.2, 0) is 6.54 Å². The van der Waals surface area contributed by atoms with Crippen LogP contribution < -0.4 is 10.6 Å². The van der Waals surface area contributed by atoms with E-state index >= 15 is 0 Å². The van der Waals surface area contributed by atoms with Gasteiger partial charge in [-0.05, 0) is 19.9 Å². The summed E-state index contributed by atoms with van der Waals surface area (Å²) in [7, 11) is 0. The Morgan fingerprint density at radius 2 is 2.25 bits per heavy atom. The van der Waals surface area contributed by atoms with E-state index in [9.17, 15) is 9.18 Å². The van der Waals surface area contributed by atoms with Gasteiger partial charge in [-0.1, -0.05) is 0 Å². The van der Waals surface area contributed by atoms with E-state index in [2.05, 4.69) is 20.6 Å². The molecular weight excluding hydrogens is 263 g/mol. The zero-order valence-corrected chi connectivity index (χ0v) is 11.2. The second-order valence-corrected chi connectivity index (χ2v) is 4.10. The zero-order valence-electron chi connectivity index (χ0n) is 11.2. The third-order valence-corrected chi connectivity index (χ3v) is 2.55. The number of carbonyl (C=O) groups excluding carboxylic acids is 1. The van der Waals surface area contributed by atoms with E-state index in [1.807, 2.05) is 6.92 Å². The first kappa shape index (κ1) is 14.0. The highest BCUT2D eigenvalue weighted by atomic mass is 19.1. The Morgan fingerprint density at radius 1 is 1.45 bits per heavy atom. The lowest BCUT2D eigenvalue weighted by Crippen LogP contribution is -2.24. The second kappa shape index (κ2) is 6.14. The smallest absolute Gasteiger partial charge is 0.254 e. The molecule has 1 amide bonds. The largest absolute Gasteiger partial charge is 0.444 e. The molecule has 2 heterocycles. The number of amides is 1. The lowest BCUT2D eigenvalue weighted by molar-refractivity contribution is 0.0943. The van der Waals surface area contributed by atoms with Crippen LogP contribution in [0, 0.1) is 12.7 Å². The van der Waals surface area contributed by atoms with Crippen LogP contribution >= 0.6 is 0 Å². The lowest BCUT2D eigenvalue weighted by atomic mass is 10.2. The van der Waals surface area contributed by atoms with Gasteiger partial charge in [0.05, 0.1) is 18.3 Å². The van der Waals surface area contributed by atoms with Gasteiger partial charge in [0, 0.05) is 12.7 Å². The predicted molar refractivity (Wildman–Crippen MR) is 70.8 cm³/mol. The van der Waals surface area contributed by atoms with Crippen LogP contribution in [-0.4, -0.2) is 22.4 Å². The summed E-state index contributed by atoms with van der Waals surface area (Å²) in [6.07, 6.45) is 2.93. The highest BCUT2D eigenvalue weighted by Gasteiger charge is 2.16. The Morgan fingerprint density at radius 3 is 2.90 bits per heavy atom. The third-order valence-electron chi connectivity index (χ3n) is 2.55. The summed E-state index contributed by atoms with van der Waals surface area (Å²) in [5, 5.41) is 5.30. The van der Waals surface area contributed by atoms with E-state index in [4.69, 9.17) is 4.42 Å². The van der Waals surface area contributed by atoms with E-state index < -0.39 is 11.7 Å². The summed E-state index contributed by atoms with van der Waals surface area (Å²) in [4.78, 5) is 19.7. The average Bonchev–Trinajstić information content (AvgIpc) is 2.84. The minimum absolute atomic E-state index is 0.0621. The van der Waals surface area contributed by atoms with Crippen molar-refractivity contribution in [3.8, 4) is 0 Å². The van der Waals surface area contributed by atoms with E-state index in [1.54, 1.807) is 13.1 Å². The highest BCUT2D eigenvalue weighted by Crippen LogP contribution is 2.14. The Hall–Kier alpha value is -2.44. The maximum atomic E-state index is 14.0. The summed E-state index contributed by atoms with van der Waals surface area (Å²) < 4.78 is 19.2. The van der Waals surface area contributed by atoms with Crippen molar-refractivity contribution in [1.29, 1.82) is 0 Å². The number of nitrogens with zero attached hydrogens (tertiary/aromatic N) is 2. The van der Waals surface area contributed by atoms with Gasteiger partial charge in [-0.2, -0.15) is 0 Å². The Balaban J connectivity index is 2.07. The van der Waals surface area contributed by atoms with E-state index in [-0.39, 0.29) is 17.9 Å². The number of aromatic nitrogens is 2. The quantitative estimate of drug-likeness (QED) is 0.873. The van der Waals surface area contributed by atoms with Crippen LogP contribution in [0.3, 0.4) is 0 Å². The number of oxazole rings is 1. The lowest BCUT2D eigenvalue weighted by Gasteiger charge is -2.08. The molecular formula is C13H15FN4O2. The number of halogens is 1. The maximum Gasteiger partial charge on any atom is 0.254 e. The number of carbonyl (C=O) groups is 1. The molecule has 2 aromatic rings. The van der Waals surface area contributed by atoms with Gasteiger partial charge in [0.25, 0.3) is 5.91 Å². The summed E-state index contributed by atoms with van der Waals surface area (Å²) in [5.74, 6) is -0.126. The minimum Gasteiger partial charge on any atom is -0.444 e. The first-order chi connectivity index (χ1) is 9.61. The van der Waals surface area contributed by atoms with Gasteiger partial charge < -0.3 is 15.1 Å². The van der Waals surface area contributed by atoms with E-state index in [0.29, 0.717) is 18.2 Å². The number of rotatable bonds is 5. The Bertz CT molecular complexity index is 612. The van der Waals surface area contributed by atoms with Crippen molar-refractivity contribution >= 4 is 11.7 Å². The average molecular weight is 278 g/mol. The molecule has 6 nitrogen and oxygen atoms in total. The standard InChI is InChI=1S/C13H15FN4O2/c1-3-15-12-11(14)9(4-5-16-12)13(19)18-7-10-17-6-8(2)20-10/h4-6H,3,7H2,1-2H3,(H,15,16)(H,18,19). The summed E-state index contributed by atoms with van der Waals surface area (Å²) in [6, 6.07) is 1.33. The zero-order chi connectivity index (χ0) is 14.5. The number of pyridine rings is 1. The van der Waals surface area contributed by atoms with E-state index in [0.717, 1.165) is 0 Å². The van der Waals surface area contributed by atoms with Crippen LogP contribution in [0.5, 0.6) is 0 Å². The molecule has 0 atom stereocenters. The van der Waals surface area contributed by atoms with Crippen molar-refractivity contribution < 1.29 is 13.6 Å². The monoisotopic (exact) mass is 278 g/mol. The fourth-order valence-corrected chi connectivity index (χ4v) is 1.64. The molecule has 0 aliphatic rings. The fraction of sp³-hybridized carbons (Fsp3) is 0.308. The second-order valence-electron chi connectivity index (χ2n) is 4.10. The van der Waals surface area contributed by atoms with Crippen molar-refractivity contribution in [3.63, 3.8) is 0 Å². The molecule has 20 heavy (non-hydrogen) atoms. The molecule has 2 rings (SSSR count). The molecule has 0 fully saturated rings. The predicted octanol–water partition coefficient (Wildman–Crippen LogP) is 1.88.